The van der Waals surface area contributed by atoms with Crippen LogP contribution in [0.5, 0.6) is 0 Å². The lowest BCUT2D eigenvalue weighted by Crippen LogP contribution is -2.43. The van der Waals surface area contributed by atoms with Crippen molar-refractivity contribution in [1.82, 2.24) is 19.4 Å². The van der Waals surface area contributed by atoms with Crippen LogP contribution in [-0.4, -0.2) is 83.9 Å². The Hall–Kier alpha value is -4.02. The molecule has 1 saturated carbocycles. The summed E-state index contributed by atoms with van der Waals surface area (Å²) >= 11 is 6.15. The van der Waals surface area contributed by atoms with Gasteiger partial charge in [-0.15, -0.1) is 0 Å². The quantitative estimate of drug-likeness (QED) is 0.190. The molecule has 0 radical (unpaired) electrons. The largest absolute Gasteiger partial charge is 0.480 e. The highest BCUT2D eigenvalue weighted by Gasteiger charge is 2.44. The molecule has 2 amide bonds. The summed E-state index contributed by atoms with van der Waals surface area (Å²) in [5.74, 6) is 2.65. The van der Waals surface area contributed by atoms with E-state index in [4.69, 9.17) is 28.2 Å². The van der Waals surface area contributed by atoms with Crippen LogP contribution in [0, 0.1) is 17.8 Å². The van der Waals surface area contributed by atoms with Crippen LogP contribution >= 0.6 is 11.6 Å². The highest BCUT2D eigenvalue weighted by atomic mass is 35.5. The summed E-state index contributed by atoms with van der Waals surface area (Å²) in [6.07, 6.45) is 0.472. The van der Waals surface area contributed by atoms with Gasteiger partial charge in [0.25, 0.3) is 0 Å². The van der Waals surface area contributed by atoms with Gasteiger partial charge in [0.1, 0.15) is 29.3 Å². The van der Waals surface area contributed by atoms with Crippen molar-refractivity contribution in [1.29, 1.82) is 0 Å². The van der Waals surface area contributed by atoms with Crippen molar-refractivity contribution in [2.45, 2.75) is 37.1 Å². The topological polar surface area (TPSA) is 198 Å². The molecule has 0 bridgehead atoms. The highest BCUT2D eigenvalue weighted by molar-refractivity contribution is 6.33. The zero-order valence-corrected chi connectivity index (χ0v) is 21.4. The third-order valence-corrected chi connectivity index (χ3v) is 7.06. The lowest BCUT2D eigenvalue weighted by atomic mass is 10.0. The van der Waals surface area contributed by atoms with Gasteiger partial charge in [-0.2, -0.15) is 0 Å². The van der Waals surface area contributed by atoms with Crippen LogP contribution in [0.25, 0.3) is 11.0 Å². The number of carboxylic acid groups (broad SMARTS) is 1. The van der Waals surface area contributed by atoms with Crippen molar-refractivity contribution in [3.05, 3.63) is 59.1 Å². The minimum absolute atomic E-state index is 0.00908. The van der Waals surface area contributed by atoms with Gasteiger partial charge in [0.2, 0.25) is 11.8 Å². The first-order valence-electron chi connectivity index (χ1n) is 12.0. The molecule has 0 unspecified atom stereocenters. The number of aliphatic carboxylic acids is 1. The third kappa shape index (κ3) is 6.18. The molecule has 0 aliphatic heterocycles. The SMILES string of the molecule is NC(=O)c1cccc(C#CCN(C[C@H]2C[C@@H](n3ccc4c(Cl)ncnc43)[C@H](O)[C@@H]2O)C(=O)C[C@H](N)C(=O)O)c1. The zero-order valence-electron chi connectivity index (χ0n) is 20.6. The van der Waals surface area contributed by atoms with Gasteiger partial charge < -0.3 is 36.3 Å². The van der Waals surface area contributed by atoms with E-state index in [9.17, 15) is 24.6 Å². The number of carbonyl (C=O) groups is 3. The molecule has 1 aliphatic carbocycles. The lowest BCUT2D eigenvalue weighted by molar-refractivity contribution is -0.142. The van der Waals surface area contributed by atoms with E-state index < -0.39 is 54.4 Å². The maximum Gasteiger partial charge on any atom is 0.321 e. The molecule has 13 heteroatoms. The van der Waals surface area contributed by atoms with E-state index in [-0.39, 0.29) is 30.2 Å². The smallest absolute Gasteiger partial charge is 0.321 e. The average Bonchev–Trinajstić information content (AvgIpc) is 3.45. The van der Waals surface area contributed by atoms with Crippen LogP contribution in [0.4, 0.5) is 0 Å². The minimum Gasteiger partial charge on any atom is -0.480 e. The Morgan fingerprint density at radius 1 is 1.21 bits per heavy atom. The van der Waals surface area contributed by atoms with Gasteiger partial charge in [0.05, 0.1) is 30.5 Å². The number of nitrogens with zero attached hydrogens (tertiary/aromatic N) is 4. The Morgan fingerprint density at radius 2 is 1.97 bits per heavy atom. The normalized spacial score (nSPS) is 21.2. The number of hydrogen-bond donors (Lipinski definition) is 5. The molecule has 0 saturated heterocycles. The predicted octanol–water partition coefficient (Wildman–Crippen LogP) is 0.149. The number of nitrogens with two attached hydrogens (primary N) is 2. The number of carbonyl (C=O) groups excluding carboxylic acids is 2. The van der Waals surface area contributed by atoms with Gasteiger partial charge in [-0.25, -0.2) is 9.97 Å². The van der Waals surface area contributed by atoms with E-state index in [0.717, 1.165) is 0 Å². The van der Waals surface area contributed by atoms with Gasteiger partial charge in [-0.3, -0.25) is 14.4 Å². The first-order chi connectivity index (χ1) is 18.6. The molecule has 2 heterocycles. The standard InChI is InChI=1S/C26H27ClN6O6/c27-23-17-6-8-33(25(17)31-13-30-23)19-10-16(21(35)22(19)36)12-32(20(34)11-18(28)26(38)39)7-2-4-14-3-1-5-15(9-14)24(29)37/h1,3,5-6,8-9,13,16,18-19,21-22,35-36H,7,10-12,28H2,(H2,29,37)(H,38,39)/t16-,18+,19-,21-,22+/m1/s1. The lowest BCUT2D eigenvalue weighted by Gasteiger charge is -2.26. The number of halogens is 1. The highest BCUT2D eigenvalue weighted by Crippen LogP contribution is 2.38. The number of fused-ring (bicyclic) bond motifs is 1. The van der Waals surface area contributed by atoms with E-state index in [0.29, 0.717) is 16.6 Å². The number of hydrogen-bond acceptors (Lipinski definition) is 8. The number of rotatable bonds is 8. The maximum atomic E-state index is 13.0. The van der Waals surface area contributed by atoms with Crippen molar-refractivity contribution in [3.8, 4) is 11.8 Å². The van der Waals surface area contributed by atoms with E-state index in [1.165, 1.54) is 17.3 Å². The maximum absolute atomic E-state index is 13.0. The van der Waals surface area contributed by atoms with Crippen LogP contribution < -0.4 is 11.5 Å². The minimum atomic E-state index is -1.41. The second-order valence-electron chi connectivity index (χ2n) is 9.34. The second kappa shape index (κ2) is 11.8. The molecule has 2 aromatic heterocycles. The molecule has 7 N–H and O–H groups in total. The molecule has 3 aromatic rings. The van der Waals surface area contributed by atoms with Gasteiger partial charge in [-0.05, 0) is 30.7 Å². The molecule has 12 nitrogen and oxygen atoms in total. The number of aliphatic hydroxyl groups excluding tert-OH is 2. The van der Waals surface area contributed by atoms with Crippen molar-refractivity contribution in [2.24, 2.45) is 17.4 Å². The Bertz CT molecular complexity index is 1470. The number of benzene rings is 1. The fraction of sp³-hybridized carbons (Fsp3) is 0.346. The van der Waals surface area contributed by atoms with Crippen LogP contribution in [-0.2, 0) is 9.59 Å². The summed E-state index contributed by atoms with van der Waals surface area (Å²) in [5, 5.41) is 31.8. The Labute approximate surface area is 228 Å². The molecule has 0 spiro atoms. The zero-order chi connectivity index (χ0) is 28.3. The molecule has 1 fully saturated rings. The number of primary amides is 1. The van der Waals surface area contributed by atoms with E-state index in [1.807, 2.05) is 0 Å². The molecule has 204 valence electrons. The summed E-state index contributed by atoms with van der Waals surface area (Å²) in [5.41, 5.74) is 12.2. The molecular weight excluding hydrogens is 528 g/mol. The molecular formula is C26H27ClN6O6. The van der Waals surface area contributed by atoms with Gasteiger partial charge in [0, 0.05) is 29.8 Å². The number of aliphatic hydroxyl groups is 2. The summed E-state index contributed by atoms with van der Waals surface area (Å²) < 4.78 is 1.72. The molecule has 1 aromatic carbocycles. The average molecular weight is 555 g/mol. The summed E-state index contributed by atoms with van der Waals surface area (Å²) in [6, 6.07) is 6.10. The fourth-order valence-electron chi connectivity index (χ4n) is 4.69. The predicted molar refractivity (Wildman–Crippen MR) is 140 cm³/mol. The van der Waals surface area contributed by atoms with Crippen molar-refractivity contribution < 1.29 is 29.7 Å². The number of aromatic nitrogens is 3. The van der Waals surface area contributed by atoms with Crippen LogP contribution in [0.2, 0.25) is 5.15 Å². The summed E-state index contributed by atoms with van der Waals surface area (Å²) in [7, 11) is 0. The molecule has 1 aliphatic rings. The first kappa shape index (κ1) is 28.0. The second-order valence-corrected chi connectivity index (χ2v) is 9.70. The third-order valence-electron chi connectivity index (χ3n) is 6.76. The Morgan fingerprint density at radius 3 is 2.69 bits per heavy atom. The van der Waals surface area contributed by atoms with Crippen LogP contribution in [0.1, 0.15) is 34.8 Å². The Kier molecular flexibility index (Phi) is 8.47. The fourth-order valence-corrected chi connectivity index (χ4v) is 4.88. The van der Waals surface area contributed by atoms with Crippen molar-refractivity contribution >= 4 is 40.4 Å². The van der Waals surface area contributed by atoms with E-state index in [1.54, 1.807) is 35.0 Å². The number of carboxylic acids is 1. The van der Waals surface area contributed by atoms with Crippen molar-refractivity contribution in [2.75, 3.05) is 13.1 Å². The van der Waals surface area contributed by atoms with Crippen molar-refractivity contribution in [3.63, 3.8) is 0 Å². The monoisotopic (exact) mass is 554 g/mol. The van der Waals surface area contributed by atoms with E-state index >= 15 is 0 Å². The summed E-state index contributed by atoms with van der Waals surface area (Å²) in [6.45, 7) is -0.115. The molecule has 4 rings (SSSR count). The van der Waals surface area contributed by atoms with Crippen LogP contribution in [0.3, 0.4) is 0 Å². The first-order valence-corrected chi connectivity index (χ1v) is 12.4. The van der Waals surface area contributed by atoms with Gasteiger partial charge in [0.15, 0.2) is 0 Å². The van der Waals surface area contributed by atoms with E-state index in [2.05, 4.69) is 21.8 Å². The van der Waals surface area contributed by atoms with Gasteiger partial charge >= 0.3 is 5.97 Å². The number of amides is 2. The molecule has 5 atom stereocenters. The van der Waals surface area contributed by atoms with Gasteiger partial charge in [-0.1, -0.05) is 29.5 Å². The van der Waals surface area contributed by atoms with Crippen LogP contribution in [0.15, 0.2) is 42.9 Å². The molecule has 39 heavy (non-hydrogen) atoms. The Balaban J connectivity index is 1.55. The summed E-state index contributed by atoms with van der Waals surface area (Å²) in [4.78, 5) is 45.2.